The standard InChI is InChI=1S/C6H7IN2O2/c7-5-1-8-9-2-4(10)3-11-6(5)9/h1,4,10H,2-3H2/t4-/m1/s1. The van der Waals surface area contributed by atoms with Crippen LogP contribution in [0.1, 0.15) is 0 Å². The second-order valence-electron chi connectivity index (χ2n) is 2.44. The summed E-state index contributed by atoms with van der Waals surface area (Å²) in [6, 6.07) is 0. The van der Waals surface area contributed by atoms with E-state index in [1.54, 1.807) is 10.9 Å². The lowest BCUT2D eigenvalue weighted by atomic mass is 10.3. The molecule has 60 valence electrons. The molecule has 1 atom stereocenters. The van der Waals surface area contributed by atoms with Crippen LogP contribution in [-0.2, 0) is 6.54 Å². The molecule has 0 saturated carbocycles. The van der Waals surface area contributed by atoms with Crippen molar-refractivity contribution in [3.8, 4) is 5.88 Å². The Morgan fingerprint density at radius 2 is 2.64 bits per heavy atom. The first-order valence-corrected chi connectivity index (χ1v) is 4.37. The number of ether oxygens (including phenoxy) is 1. The third-order valence-electron chi connectivity index (χ3n) is 1.55. The number of aliphatic hydroxyl groups excluding tert-OH is 1. The van der Waals surface area contributed by atoms with Crippen LogP contribution >= 0.6 is 22.6 Å². The maximum Gasteiger partial charge on any atom is 0.225 e. The second-order valence-corrected chi connectivity index (χ2v) is 3.61. The van der Waals surface area contributed by atoms with Gasteiger partial charge in [0.2, 0.25) is 5.88 Å². The van der Waals surface area contributed by atoms with Crippen molar-refractivity contribution in [3.63, 3.8) is 0 Å². The fourth-order valence-corrected chi connectivity index (χ4v) is 1.61. The van der Waals surface area contributed by atoms with Crippen LogP contribution in [0, 0.1) is 3.57 Å². The number of nitrogens with zero attached hydrogens (tertiary/aromatic N) is 2. The highest BCUT2D eigenvalue weighted by Gasteiger charge is 2.19. The number of halogens is 1. The van der Waals surface area contributed by atoms with Crippen LogP contribution in [0.25, 0.3) is 0 Å². The van der Waals surface area contributed by atoms with E-state index in [0.29, 0.717) is 13.2 Å². The molecule has 0 aliphatic carbocycles. The molecule has 1 aliphatic rings. The fourth-order valence-electron chi connectivity index (χ4n) is 1.05. The summed E-state index contributed by atoms with van der Waals surface area (Å²) in [6.07, 6.45) is 1.31. The first-order chi connectivity index (χ1) is 5.27. The van der Waals surface area contributed by atoms with E-state index in [1.165, 1.54) is 0 Å². The Kier molecular flexibility index (Phi) is 1.76. The zero-order chi connectivity index (χ0) is 7.84. The minimum Gasteiger partial charge on any atom is -0.474 e. The van der Waals surface area contributed by atoms with Gasteiger partial charge in [-0.25, -0.2) is 4.68 Å². The first kappa shape index (κ1) is 7.35. The molecule has 1 aliphatic heterocycles. The molecule has 0 amide bonds. The van der Waals surface area contributed by atoms with Gasteiger partial charge in [0, 0.05) is 0 Å². The highest BCUT2D eigenvalue weighted by atomic mass is 127. The lowest BCUT2D eigenvalue weighted by Crippen LogP contribution is -2.30. The molecule has 5 heteroatoms. The number of rotatable bonds is 0. The molecule has 1 aromatic rings. The quantitative estimate of drug-likeness (QED) is 0.684. The van der Waals surface area contributed by atoms with Gasteiger partial charge in [-0.15, -0.1) is 0 Å². The summed E-state index contributed by atoms with van der Waals surface area (Å²) < 4.78 is 7.92. The van der Waals surface area contributed by atoms with Crippen LogP contribution in [0.4, 0.5) is 0 Å². The summed E-state index contributed by atoms with van der Waals surface area (Å²) in [5.74, 6) is 0.774. The normalized spacial score (nSPS) is 22.5. The fraction of sp³-hybridized carbons (Fsp3) is 0.500. The third-order valence-corrected chi connectivity index (χ3v) is 2.29. The molecule has 2 heterocycles. The van der Waals surface area contributed by atoms with Gasteiger partial charge in [-0.3, -0.25) is 0 Å². The van der Waals surface area contributed by atoms with E-state index in [1.807, 2.05) is 0 Å². The Balaban J connectivity index is 2.36. The van der Waals surface area contributed by atoms with Gasteiger partial charge < -0.3 is 9.84 Å². The molecule has 2 rings (SSSR count). The highest BCUT2D eigenvalue weighted by Crippen LogP contribution is 2.23. The van der Waals surface area contributed by atoms with Crippen LogP contribution in [-0.4, -0.2) is 27.6 Å². The Bertz CT molecular complexity index is 274. The van der Waals surface area contributed by atoms with Crippen molar-refractivity contribution >= 4 is 22.6 Å². The molecule has 0 aromatic carbocycles. The van der Waals surface area contributed by atoms with E-state index in [2.05, 4.69) is 27.7 Å². The lowest BCUT2D eigenvalue weighted by Gasteiger charge is -2.19. The smallest absolute Gasteiger partial charge is 0.225 e. The van der Waals surface area contributed by atoms with Gasteiger partial charge in [0.15, 0.2) is 0 Å². The van der Waals surface area contributed by atoms with E-state index >= 15 is 0 Å². The van der Waals surface area contributed by atoms with Crippen LogP contribution in [0.15, 0.2) is 6.20 Å². The van der Waals surface area contributed by atoms with Crippen molar-refractivity contribution in [2.45, 2.75) is 12.6 Å². The SMILES string of the molecule is O[C@H]1COc2c(I)cnn2C1. The minimum atomic E-state index is -0.418. The molecular formula is C6H7IN2O2. The molecule has 0 saturated heterocycles. The van der Waals surface area contributed by atoms with Crippen LogP contribution in [0.2, 0.25) is 0 Å². The molecule has 4 nitrogen and oxygen atoms in total. The molecule has 0 spiro atoms. The van der Waals surface area contributed by atoms with E-state index in [9.17, 15) is 5.11 Å². The van der Waals surface area contributed by atoms with Gasteiger partial charge in [-0.1, -0.05) is 0 Å². The summed E-state index contributed by atoms with van der Waals surface area (Å²) in [5.41, 5.74) is 0. The Morgan fingerprint density at radius 3 is 3.45 bits per heavy atom. The third kappa shape index (κ3) is 1.22. The number of hydrogen-bond acceptors (Lipinski definition) is 3. The van der Waals surface area contributed by atoms with Crippen molar-refractivity contribution in [1.82, 2.24) is 9.78 Å². The van der Waals surface area contributed by atoms with Crippen LogP contribution < -0.4 is 4.74 Å². The van der Waals surface area contributed by atoms with Crippen molar-refractivity contribution in [1.29, 1.82) is 0 Å². The van der Waals surface area contributed by atoms with Gasteiger partial charge in [0.25, 0.3) is 0 Å². The monoisotopic (exact) mass is 266 g/mol. The number of fused-ring (bicyclic) bond motifs is 1. The van der Waals surface area contributed by atoms with Gasteiger partial charge in [0.1, 0.15) is 12.7 Å². The zero-order valence-electron chi connectivity index (χ0n) is 5.70. The predicted octanol–water partition coefficient (Wildman–Crippen LogP) is 0.241. The molecule has 11 heavy (non-hydrogen) atoms. The van der Waals surface area contributed by atoms with Crippen LogP contribution in [0.3, 0.4) is 0 Å². The van der Waals surface area contributed by atoms with E-state index in [4.69, 9.17) is 4.74 Å². The maximum absolute atomic E-state index is 9.18. The van der Waals surface area contributed by atoms with E-state index < -0.39 is 6.10 Å². The largest absolute Gasteiger partial charge is 0.474 e. The second kappa shape index (κ2) is 2.63. The van der Waals surface area contributed by atoms with E-state index in [-0.39, 0.29) is 0 Å². The van der Waals surface area contributed by atoms with Crippen LogP contribution in [0.5, 0.6) is 5.88 Å². The van der Waals surface area contributed by atoms with Crippen molar-refractivity contribution in [2.75, 3.05) is 6.61 Å². The van der Waals surface area contributed by atoms with Gasteiger partial charge in [0.05, 0.1) is 16.3 Å². The molecule has 0 radical (unpaired) electrons. The maximum atomic E-state index is 9.18. The summed E-state index contributed by atoms with van der Waals surface area (Å²) in [6.45, 7) is 0.917. The average molecular weight is 266 g/mol. The lowest BCUT2D eigenvalue weighted by molar-refractivity contribution is 0.0552. The highest BCUT2D eigenvalue weighted by molar-refractivity contribution is 14.1. The Labute approximate surface area is 77.3 Å². The molecule has 1 aromatic heterocycles. The minimum absolute atomic E-state index is 0.377. The Morgan fingerprint density at radius 1 is 1.82 bits per heavy atom. The van der Waals surface area contributed by atoms with Crippen molar-refractivity contribution in [3.05, 3.63) is 9.77 Å². The number of aromatic nitrogens is 2. The number of aliphatic hydroxyl groups is 1. The van der Waals surface area contributed by atoms with Crippen molar-refractivity contribution in [2.24, 2.45) is 0 Å². The zero-order valence-corrected chi connectivity index (χ0v) is 7.85. The van der Waals surface area contributed by atoms with Gasteiger partial charge in [-0.05, 0) is 22.6 Å². The Hall–Kier alpha value is -0.300. The topological polar surface area (TPSA) is 47.3 Å². The van der Waals surface area contributed by atoms with Gasteiger partial charge >= 0.3 is 0 Å². The number of hydrogen-bond donors (Lipinski definition) is 1. The molecule has 0 unspecified atom stereocenters. The molecule has 0 fully saturated rings. The molecular weight excluding hydrogens is 259 g/mol. The predicted molar refractivity (Wildman–Crippen MR) is 46.4 cm³/mol. The summed E-state index contributed by atoms with van der Waals surface area (Å²) >= 11 is 2.16. The summed E-state index contributed by atoms with van der Waals surface area (Å²) in [7, 11) is 0. The molecule has 1 N–H and O–H groups in total. The van der Waals surface area contributed by atoms with Crippen molar-refractivity contribution < 1.29 is 9.84 Å². The van der Waals surface area contributed by atoms with E-state index in [0.717, 1.165) is 9.45 Å². The summed E-state index contributed by atoms with van der Waals surface area (Å²) in [4.78, 5) is 0. The first-order valence-electron chi connectivity index (χ1n) is 3.29. The summed E-state index contributed by atoms with van der Waals surface area (Å²) in [5, 5.41) is 13.2. The van der Waals surface area contributed by atoms with Gasteiger partial charge in [-0.2, -0.15) is 5.10 Å². The average Bonchev–Trinajstić information content (AvgIpc) is 2.32. The molecule has 0 bridgehead atoms.